The predicted octanol–water partition coefficient (Wildman–Crippen LogP) is 2.22. The second-order valence-corrected chi connectivity index (χ2v) is 8.13. The van der Waals surface area contributed by atoms with Crippen LogP contribution in [0.1, 0.15) is 48.8 Å². The molecule has 26 heavy (non-hydrogen) atoms. The molecule has 134 valence electrons. The van der Waals surface area contributed by atoms with Crippen LogP contribution in [0.3, 0.4) is 0 Å². The molecule has 1 aromatic rings. The van der Waals surface area contributed by atoms with Gasteiger partial charge in [-0.2, -0.15) is 0 Å². The third-order valence-corrected chi connectivity index (χ3v) is 6.60. The third-order valence-electron chi connectivity index (χ3n) is 6.60. The van der Waals surface area contributed by atoms with Crippen molar-refractivity contribution in [3.8, 4) is 11.8 Å². The summed E-state index contributed by atoms with van der Waals surface area (Å²) in [5.74, 6) is 6.82. The molecule has 5 heteroatoms. The highest BCUT2D eigenvalue weighted by molar-refractivity contribution is 6.08. The minimum atomic E-state index is -0.996. The van der Waals surface area contributed by atoms with Crippen molar-refractivity contribution >= 4 is 11.9 Å². The monoisotopic (exact) mass is 350 g/mol. The highest BCUT2D eigenvalue weighted by atomic mass is 16.5. The van der Waals surface area contributed by atoms with Gasteiger partial charge in [0.15, 0.2) is 5.54 Å². The molecule has 0 bridgehead atoms. The number of hydrogen-bond acceptors (Lipinski definition) is 3. The molecule has 1 aromatic carbocycles. The van der Waals surface area contributed by atoms with Crippen molar-refractivity contribution in [2.24, 2.45) is 11.3 Å². The molecule has 3 atom stereocenters. The Kier molecular flexibility index (Phi) is 3.27. The predicted molar refractivity (Wildman–Crippen MR) is 95.2 cm³/mol. The molecule has 1 heterocycles. The Bertz CT molecular complexity index is 879. The van der Waals surface area contributed by atoms with Gasteiger partial charge in [-0.15, -0.1) is 0 Å². The fraction of sp³-hybridized carbons (Fsp3) is 0.524. The molecule has 0 aromatic heterocycles. The number of ether oxygens (including phenoxy) is 1. The topological polar surface area (TPSA) is 67.4 Å². The molecule has 2 N–H and O–H groups in total. The fourth-order valence-electron chi connectivity index (χ4n) is 5.15. The van der Waals surface area contributed by atoms with Crippen molar-refractivity contribution in [3.05, 3.63) is 34.9 Å². The number of benzene rings is 1. The van der Waals surface area contributed by atoms with Crippen molar-refractivity contribution in [3.63, 3.8) is 0 Å². The average molecular weight is 350 g/mol. The molecule has 3 amide bonds. The van der Waals surface area contributed by atoms with E-state index in [4.69, 9.17) is 4.74 Å². The lowest BCUT2D eigenvalue weighted by Gasteiger charge is -2.39. The van der Waals surface area contributed by atoms with Gasteiger partial charge in [-0.1, -0.05) is 17.9 Å². The van der Waals surface area contributed by atoms with Crippen LogP contribution in [0.15, 0.2) is 18.2 Å². The van der Waals surface area contributed by atoms with Crippen LogP contribution in [0.4, 0.5) is 4.79 Å². The first-order chi connectivity index (χ1) is 12.6. The minimum Gasteiger partial charge on any atom is -0.381 e. The molecular formula is C21H22N2O3. The van der Waals surface area contributed by atoms with Gasteiger partial charge in [-0.05, 0) is 61.8 Å². The van der Waals surface area contributed by atoms with Crippen molar-refractivity contribution in [1.82, 2.24) is 10.6 Å². The maximum atomic E-state index is 13.0. The molecule has 3 fully saturated rings. The largest absolute Gasteiger partial charge is 0.381 e. The van der Waals surface area contributed by atoms with E-state index in [9.17, 15) is 9.59 Å². The Balaban J connectivity index is 1.63. The fourth-order valence-corrected chi connectivity index (χ4v) is 5.15. The zero-order valence-corrected chi connectivity index (χ0v) is 14.9. The SMILES string of the molecule is COC1CCC2(Cc3ccc(C#CC4CC4)cc3C23NC(=O)NC3=O)C1. The second-order valence-electron chi connectivity index (χ2n) is 8.13. The lowest BCUT2D eigenvalue weighted by molar-refractivity contribution is -0.129. The van der Waals surface area contributed by atoms with Crippen LogP contribution >= 0.6 is 0 Å². The van der Waals surface area contributed by atoms with Crippen LogP contribution in [-0.4, -0.2) is 25.2 Å². The Morgan fingerprint density at radius 2 is 2.08 bits per heavy atom. The lowest BCUT2D eigenvalue weighted by Crippen LogP contribution is -2.54. The maximum absolute atomic E-state index is 13.0. The smallest absolute Gasteiger partial charge is 0.322 e. The molecule has 4 aliphatic rings. The molecule has 5 nitrogen and oxygen atoms in total. The summed E-state index contributed by atoms with van der Waals surface area (Å²) in [5.41, 5.74) is 1.65. The van der Waals surface area contributed by atoms with E-state index >= 15 is 0 Å². The van der Waals surface area contributed by atoms with Crippen molar-refractivity contribution < 1.29 is 14.3 Å². The van der Waals surface area contributed by atoms with E-state index in [1.54, 1.807) is 7.11 Å². The number of carbonyl (C=O) groups is 2. The molecular weight excluding hydrogens is 328 g/mol. The summed E-state index contributed by atoms with van der Waals surface area (Å²) in [4.78, 5) is 25.2. The van der Waals surface area contributed by atoms with E-state index in [2.05, 4.69) is 28.5 Å². The van der Waals surface area contributed by atoms with Gasteiger partial charge in [0, 0.05) is 24.0 Å². The number of carbonyl (C=O) groups excluding carboxylic acids is 2. The molecule has 1 saturated heterocycles. The molecule has 2 spiro atoms. The zero-order valence-electron chi connectivity index (χ0n) is 14.9. The Labute approximate surface area is 152 Å². The van der Waals surface area contributed by atoms with Gasteiger partial charge in [-0.3, -0.25) is 10.1 Å². The Morgan fingerprint density at radius 3 is 2.73 bits per heavy atom. The van der Waals surface area contributed by atoms with Gasteiger partial charge in [0.05, 0.1) is 6.10 Å². The van der Waals surface area contributed by atoms with Gasteiger partial charge in [0.1, 0.15) is 0 Å². The number of fused-ring (bicyclic) bond motifs is 3. The quantitative estimate of drug-likeness (QED) is 0.603. The first-order valence-corrected chi connectivity index (χ1v) is 9.38. The van der Waals surface area contributed by atoms with Gasteiger partial charge in [-0.25, -0.2) is 4.79 Å². The second kappa shape index (κ2) is 5.34. The van der Waals surface area contributed by atoms with E-state index in [1.165, 1.54) is 12.8 Å². The summed E-state index contributed by atoms with van der Waals surface area (Å²) in [6.07, 6.45) is 5.81. The molecule has 3 aliphatic carbocycles. The summed E-state index contributed by atoms with van der Waals surface area (Å²) < 4.78 is 5.59. The van der Waals surface area contributed by atoms with E-state index < -0.39 is 11.6 Å². The molecule has 1 aliphatic heterocycles. The van der Waals surface area contributed by atoms with E-state index in [1.807, 2.05) is 12.1 Å². The van der Waals surface area contributed by atoms with E-state index in [0.717, 1.165) is 42.4 Å². The van der Waals surface area contributed by atoms with Gasteiger partial charge >= 0.3 is 6.03 Å². The van der Waals surface area contributed by atoms with E-state index in [0.29, 0.717) is 5.92 Å². The summed E-state index contributed by atoms with van der Waals surface area (Å²) in [5, 5.41) is 5.50. The number of rotatable bonds is 1. The molecule has 0 radical (unpaired) electrons. The third kappa shape index (κ3) is 2.09. The Hall–Kier alpha value is -2.32. The lowest BCUT2D eigenvalue weighted by atomic mass is 9.68. The van der Waals surface area contributed by atoms with Crippen LogP contribution in [0.25, 0.3) is 0 Å². The number of hydrogen-bond donors (Lipinski definition) is 2. The van der Waals surface area contributed by atoms with Gasteiger partial charge in [0.2, 0.25) is 0 Å². The van der Waals surface area contributed by atoms with Crippen LogP contribution < -0.4 is 10.6 Å². The van der Waals surface area contributed by atoms with Crippen LogP contribution in [0.5, 0.6) is 0 Å². The first kappa shape index (κ1) is 15.9. The number of urea groups is 1. The normalized spacial score (nSPS) is 34.6. The van der Waals surface area contributed by atoms with E-state index in [-0.39, 0.29) is 17.4 Å². The number of nitrogens with one attached hydrogen (secondary N) is 2. The Morgan fingerprint density at radius 1 is 1.23 bits per heavy atom. The maximum Gasteiger partial charge on any atom is 0.322 e. The van der Waals surface area contributed by atoms with Crippen LogP contribution in [0.2, 0.25) is 0 Å². The zero-order chi connectivity index (χ0) is 17.9. The number of amides is 3. The molecule has 3 unspecified atom stereocenters. The van der Waals surface area contributed by atoms with Gasteiger partial charge < -0.3 is 10.1 Å². The van der Waals surface area contributed by atoms with Crippen LogP contribution in [0, 0.1) is 23.2 Å². The summed E-state index contributed by atoms with van der Waals surface area (Å²) in [6, 6.07) is 5.74. The van der Waals surface area contributed by atoms with Crippen molar-refractivity contribution in [1.29, 1.82) is 0 Å². The highest BCUT2D eigenvalue weighted by Gasteiger charge is 2.67. The average Bonchev–Trinajstić information content (AvgIpc) is 3.20. The van der Waals surface area contributed by atoms with Crippen LogP contribution in [-0.2, 0) is 21.5 Å². The van der Waals surface area contributed by atoms with Crippen molar-refractivity contribution in [2.45, 2.75) is 50.2 Å². The summed E-state index contributed by atoms with van der Waals surface area (Å²) in [7, 11) is 1.72. The number of imide groups is 1. The summed E-state index contributed by atoms with van der Waals surface area (Å²) in [6.45, 7) is 0. The minimum absolute atomic E-state index is 0.126. The molecule has 5 rings (SSSR count). The van der Waals surface area contributed by atoms with Crippen molar-refractivity contribution in [2.75, 3.05) is 7.11 Å². The standard InChI is InChI=1S/C21H22N2O3/c1-26-16-8-9-20(12-16)11-15-7-6-14(5-4-13-2-3-13)10-17(15)21(20)18(24)22-19(25)23-21/h6-7,10,13,16H,2-3,8-9,11-12H2,1H3,(H2,22,23,24,25). The summed E-state index contributed by atoms with van der Waals surface area (Å²) >= 11 is 0. The highest BCUT2D eigenvalue weighted by Crippen LogP contribution is 2.60. The number of methoxy groups -OCH3 is 1. The van der Waals surface area contributed by atoms with Gasteiger partial charge in [0.25, 0.3) is 5.91 Å². The first-order valence-electron chi connectivity index (χ1n) is 9.38. The molecule has 2 saturated carbocycles.